The number of pyridine rings is 1. The minimum absolute atomic E-state index is 0.317. The third kappa shape index (κ3) is 2.42. The Bertz CT molecular complexity index is 604. The molecule has 5 nitrogen and oxygen atoms in total. The number of fused-ring (bicyclic) bond motifs is 1. The molecule has 4 heterocycles. The van der Waals surface area contributed by atoms with Gasteiger partial charge in [0.05, 0.1) is 11.7 Å². The quantitative estimate of drug-likeness (QED) is 0.921. The molecule has 5 heteroatoms. The molecule has 2 aliphatic heterocycles. The van der Waals surface area contributed by atoms with E-state index in [4.69, 9.17) is 9.84 Å². The lowest BCUT2D eigenvalue weighted by Gasteiger charge is -2.26. The van der Waals surface area contributed by atoms with Crippen molar-refractivity contribution in [3.63, 3.8) is 0 Å². The minimum Gasteiger partial charge on any atom is -0.381 e. The van der Waals surface area contributed by atoms with Gasteiger partial charge in [-0.25, -0.2) is 4.68 Å². The van der Waals surface area contributed by atoms with Gasteiger partial charge in [0.15, 0.2) is 0 Å². The Hall–Kier alpha value is -1.88. The molecule has 2 aliphatic rings. The summed E-state index contributed by atoms with van der Waals surface area (Å²) in [5, 5.41) is 8.39. The van der Waals surface area contributed by atoms with Crippen molar-refractivity contribution in [3.05, 3.63) is 41.9 Å². The maximum Gasteiger partial charge on any atom is 0.125 e. The van der Waals surface area contributed by atoms with Crippen LogP contribution in [0.15, 0.2) is 30.6 Å². The van der Waals surface area contributed by atoms with Crippen LogP contribution in [0.25, 0.3) is 0 Å². The molecule has 110 valence electrons. The molecule has 0 amide bonds. The van der Waals surface area contributed by atoms with Gasteiger partial charge in [0.25, 0.3) is 0 Å². The topological polar surface area (TPSA) is 52.0 Å². The molecule has 0 aliphatic carbocycles. The molecule has 21 heavy (non-hydrogen) atoms. The van der Waals surface area contributed by atoms with E-state index >= 15 is 0 Å². The van der Waals surface area contributed by atoms with E-state index in [0.29, 0.717) is 12.0 Å². The van der Waals surface area contributed by atoms with E-state index in [1.807, 2.05) is 12.4 Å². The third-order valence-electron chi connectivity index (χ3n) is 4.50. The molecule has 0 radical (unpaired) electrons. The highest BCUT2D eigenvalue weighted by molar-refractivity contribution is 5.42. The van der Waals surface area contributed by atoms with Gasteiger partial charge in [-0.2, -0.15) is 5.10 Å². The van der Waals surface area contributed by atoms with Gasteiger partial charge in [-0.1, -0.05) is 0 Å². The smallest absolute Gasteiger partial charge is 0.125 e. The summed E-state index contributed by atoms with van der Waals surface area (Å²) in [6, 6.07) is 6.73. The summed E-state index contributed by atoms with van der Waals surface area (Å²) in [4.78, 5) is 4.12. The van der Waals surface area contributed by atoms with Crippen LogP contribution in [0.2, 0.25) is 0 Å². The van der Waals surface area contributed by atoms with Crippen LogP contribution in [-0.2, 0) is 4.74 Å². The van der Waals surface area contributed by atoms with Gasteiger partial charge < -0.3 is 10.1 Å². The molecular weight excluding hydrogens is 264 g/mol. The molecule has 0 spiro atoms. The van der Waals surface area contributed by atoms with Crippen LogP contribution in [0.5, 0.6) is 0 Å². The summed E-state index contributed by atoms with van der Waals surface area (Å²) in [6.45, 7) is 2.70. The van der Waals surface area contributed by atoms with Gasteiger partial charge in [0.1, 0.15) is 5.82 Å². The Morgan fingerprint density at radius 3 is 2.76 bits per heavy atom. The zero-order chi connectivity index (χ0) is 14.1. The Morgan fingerprint density at radius 2 is 1.95 bits per heavy atom. The molecule has 2 aromatic rings. The molecule has 1 fully saturated rings. The summed E-state index contributed by atoms with van der Waals surface area (Å²) in [6.07, 6.45) is 6.94. The number of hydrogen-bond donors (Lipinski definition) is 1. The van der Waals surface area contributed by atoms with Crippen molar-refractivity contribution in [2.75, 3.05) is 25.1 Å². The number of ether oxygens (including phenoxy) is 1. The number of nitrogens with zero attached hydrogens (tertiary/aromatic N) is 3. The van der Waals surface area contributed by atoms with Crippen molar-refractivity contribution in [1.29, 1.82) is 0 Å². The van der Waals surface area contributed by atoms with Crippen LogP contribution in [0.4, 0.5) is 5.82 Å². The fourth-order valence-electron chi connectivity index (χ4n) is 3.33. The molecule has 4 rings (SSSR count). The van der Waals surface area contributed by atoms with Crippen molar-refractivity contribution in [1.82, 2.24) is 14.8 Å². The maximum atomic E-state index is 5.46. The average Bonchev–Trinajstić information content (AvgIpc) is 3.00. The maximum absolute atomic E-state index is 5.46. The zero-order valence-corrected chi connectivity index (χ0v) is 12.0. The predicted molar refractivity (Wildman–Crippen MR) is 80.5 cm³/mol. The van der Waals surface area contributed by atoms with Gasteiger partial charge in [-0.15, -0.1) is 0 Å². The molecule has 1 atom stereocenters. The molecule has 0 bridgehead atoms. The lowest BCUT2D eigenvalue weighted by atomic mass is 9.97. The van der Waals surface area contributed by atoms with Crippen LogP contribution < -0.4 is 5.32 Å². The van der Waals surface area contributed by atoms with Crippen LogP contribution in [0.1, 0.15) is 42.5 Å². The molecule has 2 aromatic heterocycles. The number of rotatable bonds is 2. The second kappa shape index (κ2) is 5.48. The normalized spacial score (nSPS) is 22.6. The first kappa shape index (κ1) is 12.8. The minimum atomic E-state index is 0.317. The summed E-state index contributed by atoms with van der Waals surface area (Å²) < 4.78 is 7.61. The summed E-state index contributed by atoms with van der Waals surface area (Å²) in [7, 11) is 0. The Labute approximate surface area is 124 Å². The molecule has 0 saturated carbocycles. The Morgan fingerprint density at radius 1 is 1.14 bits per heavy atom. The van der Waals surface area contributed by atoms with Crippen LogP contribution in [0.3, 0.4) is 0 Å². The molecule has 1 unspecified atom stereocenters. The van der Waals surface area contributed by atoms with E-state index in [1.165, 1.54) is 11.3 Å². The lowest BCUT2D eigenvalue weighted by molar-refractivity contribution is 0.0843. The first-order valence-corrected chi connectivity index (χ1v) is 7.73. The summed E-state index contributed by atoms with van der Waals surface area (Å²) >= 11 is 0. The molecule has 0 aromatic carbocycles. The number of anilines is 1. The highest BCUT2D eigenvalue weighted by Crippen LogP contribution is 2.33. The van der Waals surface area contributed by atoms with Crippen molar-refractivity contribution in [2.45, 2.75) is 31.2 Å². The van der Waals surface area contributed by atoms with Gasteiger partial charge in [-0.05, 0) is 37.0 Å². The Balaban J connectivity index is 1.66. The van der Waals surface area contributed by atoms with Crippen molar-refractivity contribution >= 4 is 5.82 Å². The fraction of sp³-hybridized carbons (Fsp3) is 0.500. The van der Waals surface area contributed by atoms with Gasteiger partial charge in [0.2, 0.25) is 0 Å². The number of hydrogen-bond acceptors (Lipinski definition) is 4. The third-order valence-corrected chi connectivity index (χ3v) is 4.50. The van der Waals surface area contributed by atoms with Gasteiger partial charge >= 0.3 is 0 Å². The summed E-state index contributed by atoms with van der Waals surface area (Å²) in [5.74, 6) is 1.68. The number of nitrogens with one attached hydrogen (secondary N) is 1. The second-order valence-electron chi connectivity index (χ2n) is 5.80. The van der Waals surface area contributed by atoms with Crippen molar-refractivity contribution in [3.8, 4) is 0 Å². The first-order chi connectivity index (χ1) is 10.4. The summed E-state index contributed by atoms with van der Waals surface area (Å²) in [5.41, 5.74) is 2.50. The van der Waals surface area contributed by atoms with Gasteiger partial charge in [0, 0.05) is 44.1 Å². The van der Waals surface area contributed by atoms with E-state index in [0.717, 1.165) is 44.8 Å². The van der Waals surface area contributed by atoms with E-state index < -0.39 is 0 Å². The average molecular weight is 284 g/mol. The number of aromatic nitrogens is 3. The molecule has 1 N–H and O–H groups in total. The van der Waals surface area contributed by atoms with E-state index in [9.17, 15) is 0 Å². The highest BCUT2D eigenvalue weighted by Gasteiger charge is 2.26. The molecule has 1 saturated heterocycles. The monoisotopic (exact) mass is 284 g/mol. The molecular formula is C16H20N4O. The predicted octanol–water partition coefficient (Wildman–Crippen LogP) is 2.58. The fourth-order valence-corrected chi connectivity index (χ4v) is 3.33. The van der Waals surface area contributed by atoms with Crippen molar-refractivity contribution in [2.24, 2.45) is 0 Å². The largest absolute Gasteiger partial charge is 0.381 e. The van der Waals surface area contributed by atoms with Gasteiger partial charge in [-0.3, -0.25) is 4.98 Å². The lowest BCUT2D eigenvalue weighted by Crippen LogP contribution is -2.24. The van der Waals surface area contributed by atoms with E-state index in [-0.39, 0.29) is 0 Å². The SMILES string of the molecule is c1cc(C2CCNc3cc(C4CCOCC4)nn32)ccn1. The van der Waals surface area contributed by atoms with Crippen LogP contribution in [-0.4, -0.2) is 34.5 Å². The first-order valence-electron chi connectivity index (χ1n) is 7.73. The van der Waals surface area contributed by atoms with E-state index in [2.05, 4.69) is 33.2 Å². The van der Waals surface area contributed by atoms with Crippen molar-refractivity contribution < 1.29 is 4.74 Å². The van der Waals surface area contributed by atoms with Crippen LogP contribution >= 0.6 is 0 Å². The Kier molecular flexibility index (Phi) is 3.35. The van der Waals surface area contributed by atoms with Crippen LogP contribution in [0, 0.1) is 0 Å². The highest BCUT2D eigenvalue weighted by atomic mass is 16.5. The standard InChI is InChI=1S/C16H20N4O/c1-6-17-7-2-13(1)15-3-8-18-16-11-14(19-20(15)16)12-4-9-21-10-5-12/h1-2,6-7,11-12,15,18H,3-5,8-10H2. The van der Waals surface area contributed by atoms with E-state index in [1.54, 1.807) is 0 Å². The second-order valence-corrected chi connectivity index (χ2v) is 5.80. The zero-order valence-electron chi connectivity index (χ0n) is 12.0.